The van der Waals surface area contributed by atoms with E-state index in [1.165, 1.54) is 0 Å². The molecule has 0 bridgehead atoms. The van der Waals surface area contributed by atoms with Gasteiger partial charge in [0.25, 0.3) is 0 Å². The second kappa shape index (κ2) is 4.90. The molecule has 0 radical (unpaired) electrons. The quantitative estimate of drug-likeness (QED) is 0.743. The van der Waals surface area contributed by atoms with E-state index in [9.17, 15) is 4.79 Å². The Kier molecular flexibility index (Phi) is 3.32. The monoisotopic (exact) mass is 234 g/mol. The summed E-state index contributed by atoms with van der Waals surface area (Å²) < 4.78 is 6.59. The van der Waals surface area contributed by atoms with Crippen LogP contribution in [0.4, 0.5) is 0 Å². The number of aromatic nitrogens is 4. The zero-order valence-corrected chi connectivity index (χ0v) is 9.83. The average Bonchev–Trinajstić information content (AvgIpc) is 2.75. The van der Waals surface area contributed by atoms with Gasteiger partial charge in [-0.1, -0.05) is 6.92 Å². The van der Waals surface area contributed by atoms with Crippen LogP contribution in [-0.4, -0.2) is 32.4 Å². The number of hydrogen-bond donors (Lipinski definition) is 0. The summed E-state index contributed by atoms with van der Waals surface area (Å²) in [7, 11) is 0. The summed E-state index contributed by atoms with van der Waals surface area (Å²) in [6.45, 7) is 4.05. The van der Waals surface area contributed by atoms with E-state index in [4.69, 9.17) is 4.74 Å². The predicted molar refractivity (Wildman–Crippen MR) is 60.4 cm³/mol. The second-order valence-electron chi connectivity index (χ2n) is 3.56. The van der Waals surface area contributed by atoms with Gasteiger partial charge in [0.2, 0.25) is 0 Å². The summed E-state index contributed by atoms with van der Waals surface area (Å²) in [6, 6.07) is 3.57. The number of hydrogen-bond acceptors (Lipinski definition) is 5. The van der Waals surface area contributed by atoms with Crippen molar-refractivity contribution in [2.45, 2.75) is 26.2 Å². The van der Waals surface area contributed by atoms with Crippen LogP contribution in [0.15, 0.2) is 18.3 Å². The number of esters is 1. The minimum Gasteiger partial charge on any atom is -0.465 e. The molecule has 2 aromatic heterocycles. The summed E-state index contributed by atoms with van der Waals surface area (Å²) in [4.78, 5) is 11.8. The molecule has 0 aliphatic heterocycles. The highest BCUT2D eigenvalue weighted by Crippen LogP contribution is 2.19. The van der Waals surface area contributed by atoms with Gasteiger partial charge in [0.05, 0.1) is 6.61 Å². The molecule has 2 aromatic rings. The zero-order valence-electron chi connectivity index (χ0n) is 9.83. The fraction of sp³-hybridized carbons (Fsp3) is 0.455. The van der Waals surface area contributed by atoms with Crippen molar-refractivity contribution in [3.05, 3.63) is 24.2 Å². The number of carbonyl (C=O) groups is 1. The van der Waals surface area contributed by atoms with Crippen LogP contribution in [0.25, 0.3) is 5.65 Å². The molecule has 0 saturated heterocycles. The highest BCUT2D eigenvalue weighted by Gasteiger charge is 2.25. The van der Waals surface area contributed by atoms with Crippen LogP contribution < -0.4 is 0 Å². The molecule has 17 heavy (non-hydrogen) atoms. The van der Waals surface area contributed by atoms with E-state index in [0.717, 1.165) is 0 Å². The topological polar surface area (TPSA) is 69.4 Å². The first kappa shape index (κ1) is 11.5. The molecule has 0 aliphatic carbocycles. The molecular formula is C11H14N4O2. The Morgan fingerprint density at radius 1 is 1.47 bits per heavy atom. The van der Waals surface area contributed by atoms with Crippen LogP contribution in [0.2, 0.25) is 0 Å². The van der Waals surface area contributed by atoms with E-state index >= 15 is 0 Å². The van der Waals surface area contributed by atoms with Gasteiger partial charge in [-0.05, 0) is 25.5 Å². The third-order valence-electron chi connectivity index (χ3n) is 2.49. The van der Waals surface area contributed by atoms with Crippen molar-refractivity contribution < 1.29 is 9.53 Å². The molecule has 0 amide bonds. The summed E-state index contributed by atoms with van der Waals surface area (Å²) in [5, 5.41) is 12.1. The molecular weight excluding hydrogens is 220 g/mol. The molecule has 0 N–H and O–H groups in total. The summed E-state index contributed by atoms with van der Waals surface area (Å²) in [6.07, 6.45) is 2.24. The first-order valence-corrected chi connectivity index (χ1v) is 5.60. The maximum absolute atomic E-state index is 11.8. The van der Waals surface area contributed by atoms with Gasteiger partial charge in [0.1, 0.15) is 5.92 Å². The van der Waals surface area contributed by atoms with E-state index in [2.05, 4.69) is 15.3 Å². The molecule has 2 heterocycles. The molecule has 1 unspecified atom stereocenters. The fourth-order valence-electron chi connectivity index (χ4n) is 1.68. The van der Waals surface area contributed by atoms with Crippen LogP contribution in [0.3, 0.4) is 0 Å². The lowest BCUT2D eigenvalue weighted by Crippen LogP contribution is -2.18. The van der Waals surface area contributed by atoms with E-state index in [0.29, 0.717) is 24.5 Å². The first-order valence-electron chi connectivity index (χ1n) is 5.60. The van der Waals surface area contributed by atoms with Crippen molar-refractivity contribution in [2.75, 3.05) is 6.61 Å². The molecule has 90 valence electrons. The zero-order chi connectivity index (χ0) is 12.3. The average molecular weight is 234 g/mol. The Balaban J connectivity index is 2.40. The number of carbonyl (C=O) groups excluding carboxylic acids is 1. The van der Waals surface area contributed by atoms with Crippen molar-refractivity contribution in [2.24, 2.45) is 0 Å². The van der Waals surface area contributed by atoms with E-state index in [1.807, 2.05) is 6.92 Å². The molecule has 0 aliphatic rings. The normalized spacial score (nSPS) is 12.6. The maximum atomic E-state index is 11.8. The van der Waals surface area contributed by atoms with Gasteiger partial charge in [-0.25, -0.2) is 0 Å². The maximum Gasteiger partial charge on any atom is 0.316 e. The molecule has 0 saturated carbocycles. The Morgan fingerprint density at radius 3 is 3.00 bits per heavy atom. The SMILES string of the molecule is CCOC(=O)C(CC)c1nnc2cccnn12. The largest absolute Gasteiger partial charge is 0.465 e. The van der Waals surface area contributed by atoms with Gasteiger partial charge in [-0.2, -0.15) is 9.61 Å². The minimum atomic E-state index is -0.417. The lowest BCUT2D eigenvalue weighted by Gasteiger charge is -2.10. The van der Waals surface area contributed by atoms with Crippen LogP contribution >= 0.6 is 0 Å². The van der Waals surface area contributed by atoms with Crippen LogP contribution in [-0.2, 0) is 9.53 Å². The number of rotatable bonds is 4. The number of nitrogens with zero attached hydrogens (tertiary/aromatic N) is 4. The van der Waals surface area contributed by atoms with Gasteiger partial charge in [0.15, 0.2) is 11.5 Å². The highest BCUT2D eigenvalue weighted by molar-refractivity contribution is 5.77. The first-order chi connectivity index (χ1) is 8.27. The van der Waals surface area contributed by atoms with Crippen molar-refractivity contribution in [3.63, 3.8) is 0 Å². The molecule has 0 aromatic carbocycles. The Morgan fingerprint density at radius 2 is 2.29 bits per heavy atom. The highest BCUT2D eigenvalue weighted by atomic mass is 16.5. The predicted octanol–water partition coefficient (Wildman–Crippen LogP) is 1.18. The molecule has 1 atom stereocenters. The fourth-order valence-corrected chi connectivity index (χ4v) is 1.68. The Bertz CT molecular complexity index is 523. The van der Waals surface area contributed by atoms with Crippen molar-refractivity contribution >= 4 is 11.6 Å². The Hall–Kier alpha value is -1.98. The molecule has 6 nitrogen and oxygen atoms in total. The summed E-state index contributed by atoms with van der Waals surface area (Å²) >= 11 is 0. The van der Waals surface area contributed by atoms with Gasteiger partial charge in [-0.3, -0.25) is 4.79 Å². The lowest BCUT2D eigenvalue weighted by molar-refractivity contribution is -0.145. The van der Waals surface area contributed by atoms with Gasteiger partial charge in [0, 0.05) is 6.20 Å². The lowest BCUT2D eigenvalue weighted by atomic mass is 10.1. The van der Waals surface area contributed by atoms with Crippen molar-refractivity contribution in [1.29, 1.82) is 0 Å². The summed E-state index contributed by atoms with van der Waals surface area (Å²) in [5.74, 6) is -0.170. The van der Waals surface area contributed by atoms with E-state index < -0.39 is 5.92 Å². The summed E-state index contributed by atoms with van der Waals surface area (Å²) in [5.41, 5.74) is 0.630. The molecule has 0 fully saturated rings. The molecule has 2 rings (SSSR count). The van der Waals surface area contributed by atoms with Gasteiger partial charge >= 0.3 is 5.97 Å². The smallest absolute Gasteiger partial charge is 0.316 e. The third kappa shape index (κ3) is 2.11. The number of fused-ring (bicyclic) bond motifs is 1. The minimum absolute atomic E-state index is 0.282. The van der Waals surface area contributed by atoms with Crippen LogP contribution in [0.5, 0.6) is 0 Å². The van der Waals surface area contributed by atoms with Gasteiger partial charge < -0.3 is 4.74 Å². The second-order valence-corrected chi connectivity index (χ2v) is 3.56. The van der Waals surface area contributed by atoms with E-state index in [1.54, 1.807) is 29.8 Å². The number of ether oxygens (including phenoxy) is 1. The molecule has 6 heteroatoms. The standard InChI is InChI=1S/C11H14N4O2/c1-3-8(11(16)17-4-2)10-14-13-9-6-5-7-12-15(9)10/h5-8H,3-4H2,1-2H3. The van der Waals surface area contributed by atoms with Crippen LogP contribution in [0.1, 0.15) is 32.0 Å². The van der Waals surface area contributed by atoms with Crippen LogP contribution in [0, 0.1) is 0 Å². The Labute approximate surface area is 98.6 Å². The molecule has 0 spiro atoms. The van der Waals surface area contributed by atoms with E-state index in [-0.39, 0.29) is 5.97 Å². The van der Waals surface area contributed by atoms with Gasteiger partial charge in [-0.15, -0.1) is 10.2 Å². The van der Waals surface area contributed by atoms with Crippen molar-refractivity contribution in [3.8, 4) is 0 Å². The third-order valence-corrected chi connectivity index (χ3v) is 2.49. The van der Waals surface area contributed by atoms with Crippen molar-refractivity contribution in [1.82, 2.24) is 19.8 Å².